The summed E-state index contributed by atoms with van der Waals surface area (Å²) in [4.78, 5) is 24.3. The van der Waals surface area contributed by atoms with Crippen molar-refractivity contribution in [1.82, 2.24) is 14.9 Å². The predicted octanol–water partition coefficient (Wildman–Crippen LogP) is 3.55. The van der Waals surface area contributed by atoms with Crippen LogP contribution >= 0.6 is 0 Å². The fraction of sp³-hybridized carbons (Fsp3) is 0.476. The average molecular weight is 418 g/mol. The number of piperidine rings is 1. The van der Waals surface area contributed by atoms with Crippen LogP contribution in [0.1, 0.15) is 43.0 Å². The fourth-order valence-corrected chi connectivity index (χ4v) is 4.82. The van der Waals surface area contributed by atoms with Crippen LogP contribution in [-0.4, -0.2) is 45.7 Å². The number of anilines is 1. The fourth-order valence-electron chi connectivity index (χ4n) is 4.82. The Labute approximate surface area is 171 Å². The molecule has 1 aromatic carbocycles. The van der Waals surface area contributed by atoms with Crippen molar-refractivity contribution >= 4 is 11.7 Å². The van der Waals surface area contributed by atoms with Gasteiger partial charge in [0.25, 0.3) is 5.91 Å². The number of carbonyl (C=O) groups excluding carboxylic acids is 1. The van der Waals surface area contributed by atoms with Crippen LogP contribution in [0.25, 0.3) is 0 Å². The molecule has 3 aliphatic rings. The molecule has 6 nitrogen and oxygen atoms in total. The Hall–Kier alpha value is -2.68. The van der Waals surface area contributed by atoms with Crippen LogP contribution in [0, 0.1) is 0 Å². The van der Waals surface area contributed by atoms with Gasteiger partial charge in [0.1, 0.15) is 24.1 Å². The van der Waals surface area contributed by atoms with Crippen molar-refractivity contribution in [2.45, 2.75) is 49.7 Å². The highest BCUT2D eigenvalue weighted by Crippen LogP contribution is 2.47. The molecule has 158 valence electrons. The summed E-state index contributed by atoms with van der Waals surface area (Å²) in [6.45, 7) is 0.799. The van der Waals surface area contributed by atoms with Crippen molar-refractivity contribution in [1.29, 1.82) is 0 Å². The lowest BCUT2D eigenvalue weighted by Gasteiger charge is -2.38. The Morgan fingerprint density at radius 3 is 2.50 bits per heavy atom. The lowest BCUT2D eigenvalue weighted by molar-refractivity contribution is -0.141. The smallest absolute Gasteiger partial charge is 0.356 e. The van der Waals surface area contributed by atoms with E-state index in [9.17, 15) is 18.0 Å². The summed E-state index contributed by atoms with van der Waals surface area (Å²) in [5.74, 6) is 0.220. The molecule has 0 bridgehead atoms. The third kappa shape index (κ3) is 3.12. The molecule has 1 amide bonds. The van der Waals surface area contributed by atoms with Crippen LogP contribution in [0.5, 0.6) is 0 Å². The number of aromatic nitrogens is 2. The first-order valence-electron chi connectivity index (χ1n) is 10.1. The lowest BCUT2D eigenvalue weighted by Crippen LogP contribution is -2.50. The van der Waals surface area contributed by atoms with Crippen molar-refractivity contribution in [3.63, 3.8) is 0 Å². The van der Waals surface area contributed by atoms with Gasteiger partial charge in [-0.2, -0.15) is 13.2 Å². The molecule has 1 aromatic heterocycles. The van der Waals surface area contributed by atoms with E-state index < -0.39 is 17.5 Å². The van der Waals surface area contributed by atoms with E-state index >= 15 is 0 Å². The number of carbonyl (C=O) groups is 1. The Morgan fingerprint density at radius 2 is 1.80 bits per heavy atom. The molecule has 0 saturated carbocycles. The van der Waals surface area contributed by atoms with Crippen LogP contribution in [0.3, 0.4) is 0 Å². The SMILES string of the molecule is O=C1N2[C@@H](CC[C@H]2c2ccccc2)OC12CCN(c1cc(C(F)(F)F)ncn1)CC2. The van der Waals surface area contributed by atoms with Gasteiger partial charge in [-0.15, -0.1) is 0 Å². The van der Waals surface area contributed by atoms with Crippen LogP contribution in [0.2, 0.25) is 0 Å². The van der Waals surface area contributed by atoms with Gasteiger partial charge in [0, 0.05) is 32.0 Å². The maximum absolute atomic E-state index is 13.4. The molecule has 5 rings (SSSR count). The molecule has 3 fully saturated rings. The Balaban J connectivity index is 1.32. The number of halogens is 3. The van der Waals surface area contributed by atoms with E-state index in [0.717, 1.165) is 30.8 Å². The van der Waals surface area contributed by atoms with Crippen LogP contribution in [0.4, 0.5) is 19.0 Å². The molecule has 30 heavy (non-hydrogen) atoms. The summed E-state index contributed by atoms with van der Waals surface area (Å²) in [7, 11) is 0. The van der Waals surface area contributed by atoms with Gasteiger partial charge >= 0.3 is 6.18 Å². The topological polar surface area (TPSA) is 58.6 Å². The van der Waals surface area contributed by atoms with Crippen molar-refractivity contribution in [2.24, 2.45) is 0 Å². The van der Waals surface area contributed by atoms with Gasteiger partial charge in [-0.1, -0.05) is 30.3 Å². The monoisotopic (exact) mass is 418 g/mol. The summed E-state index contributed by atoms with van der Waals surface area (Å²) in [6, 6.07) is 10.9. The summed E-state index contributed by atoms with van der Waals surface area (Å²) in [6.07, 6.45) is -1.32. The van der Waals surface area contributed by atoms with E-state index in [2.05, 4.69) is 9.97 Å². The zero-order valence-electron chi connectivity index (χ0n) is 16.2. The Bertz CT molecular complexity index is 945. The first-order valence-corrected chi connectivity index (χ1v) is 10.1. The maximum Gasteiger partial charge on any atom is 0.433 e. The Kier molecular flexibility index (Phi) is 4.46. The van der Waals surface area contributed by atoms with E-state index in [0.29, 0.717) is 25.9 Å². The zero-order valence-corrected chi connectivity index (χ0v) is 16.2. The van der Waals surface area contributed by atoms with Gasteiger partial charge in [0.15, 0.2) is 5.60 Å². The van der Waals surface area contributed by atoms with Gasteiger partial charge in [0.2, 0.25) is 0 Å². The Morgan fingerprint density at radius 1 is 1.07 bits per heavy atom. The van der Waals surface area contributed by atoms with Crippen molar-refractivity contribution in [3.8, 4) is 0 Å². The highest BCUT2D eigenvalue weighted by Gasteiger charge is 2.58. The van der Waals surface area contributed by atoms with E-state index in [1.807, 2.05) is 35.2 Å². The quantitative estimate of drug-likeness (QED) is 0.747. The van der Waals surface area contributed by atoms with Crippen LogP contribution in [0.15, 0.2) is 42.7 Å². The van der Waals surface area contributed by atoms with Gasteiger partial charge < -0.3 is 14.5 Å². The second-order valence-electron chi connectivity index (χ2n) is 8.03. The number of hydrogen-bond donors (Lipinski definition) is 0. The second-order valence-corrected chi connectivity index (χ2v) is 8.03. The molecule has 3 aliphatic heterocycles. The van der Waals surface area contributed by atoms with E-state index in [1.165, 1.54) is 0 Å². The van der Waals surface area contributed by atoms with Gasteiger partial charge in [-0.3, -0.25) is 4.79 Å². The first-order chi connectivity index (χ1) is 14.4. The third-order valence-corrected chi connectivity index (χ3v) is 6.34. The minimum Gasteiger partial charge on any atom is -0.356 e. The average Bonchev–Trinajstić information content (AvgIpc) is 3.27. The van der Waals surface area contributed by atoms with Gasteiger partial charge in [0.05, 0.1) is 6.04 Å². The minimum atomic E-state index is -4.52. The molecular formula is C21H21F3N4O2. The van der Waals surface area contributed by atoms with Crippen molar-refractivity contribution in [3.05, 3.63) is 54.0 Å². The largest absolute Gasteiger partial charge is 0.433 e. The summed E-state index contributed by atoms with van der Waals surface area (Å²) in [5.41, 5.74) is -0.756. The second kappa shape index (κ2) is 6.94. The van der Waals surface area contributed by atoms with Gasteiger partial charge in [-0.25, -0.2) is 9.97 Å². The van der Waals surface area contributed by atoms with E-state index in [-0.39, 0.29) is 24.0 Å². The van der Waals surface area contributed by atoms with E-state index in [1.54, 1.807) is 4.90 Å². The summed E-state index contributed by atoms with van der Waals surface area (Å²) >= 11 is 0. The number of nitrogens with zero attached hydrogens (tertiary/aromatic N) is 4. The maximum atomic E-state index is 13.4. The number of hydrogen-bond acceptors (Lipinski definition) is 5. The number of amides is 1. The number of ether oxygens (including phenoxy) is 1. The zero-order chi connectivity index (χ0) is 20.9. The van der Waals surface area contributed by atoms with Crippen molar-refractivity contribution < 1.29 is 22.7 Å². The molecule has 9 heteroatoms. The number of alkyl halides is 3. The summed E-state index contributed by atoms with van der Waals surface area (Å²) < 4.78 is 45.1. The molecule has 0 radical (unpaired) electrons. The number of rotatable bonds is 2. The lowest BCUT2D eigenvalue weighted by atomic mass is 9.89. The minimum absolute atomic E-state index is 0.00262. The molecule has 0 aliphatic carbocycles. The first kappa shape index (κ1) is 19.3. The van der Waals surface area contributed by atoms with Crippen LogP contribution in [-0.2, 0) is 15.7 Å². The predicted molar refractivity (Wildman–Crippen MR) is 101 cm³/mol. The van der Waals surface area contributed by atoms with E-state index in [4.69, 9.17) is 4.74 Å². The molecular weight excluding hydrogens is 397 g/mol. The molecule has 4 heterocycles. The molecule has 0 unspecified atom stereocenters. The highest BCUT2D eigenvalue weighted by atomic mass is 19.4. The van der Waals surface area contributed by atoms with Gasteiger partial charge in [-0.05, 0) is 18.4 Å². The molecule has 3 saturated heterocycles. The molecule has 1 spiro atoms. The highest BCUT2D eigenvalue weighted by molar-refractivity contribution is 5.88. The third-order valence-electron chi connectivity index (χ3n) is 6.34. The van der Waals surface area contributed by atoms with Crippen LogP contribution < -0.4 is 4.90 Å². The normalized spacial score (nSPS) is 25.8. The molecule has 2 atom stereocenters. The van der Waals surface area contributed by atoms with Crippen molar-refractivity contribution in [2.75, 3.05) is 18.0 Å². The summed E-state index contributed by atoms with van der Waals surface area (Å²) in [5, 5.41) is 0. The number of fused-ring (bicyclic) bond motifs is 1. The number of benzene rings is 1. The molecule has 0 N–H and O–H groups in total. The molecule has 2 aromatic rings. The standard InChI is InChI=1S/C21H21F3N4O2/c22-21(23,24)16-12-17(26-13-25-16)27-10-8-20(9-11-27)19(29)28-15(6-7-18(28)30-20)14-4-2-1-3-5-14/h1-5,12-13,15,18H,6-11H2/t15-,18+/m0/s1.